The lowest BCUT2D eigenvalue weighted by Crippen LogP contribution is -2.45. The van der Waals surface area contributed by atoms with E-state index in [-0.39, 0.29) is 5.78 Å². The number of rotatable bonds is 5. The van der Waals surface area contributed by atoms with Crippen LogP contribution in [-0.2, 0) is 9.53 Å². The van der Waals surface area contributed by atoms with Crippen LogP contribution >= 0.6 is 0 Å². The molecule has 18 heavy (non-hydrogen) atoms. The Bertz CT molecular complexity index is 384. The summed E-state index contributed by atoms with van der Waals surface area (Å²) < 4.78 is 5.11. The van der Waals surface area contributed by atoms with Crippen LogP contribution in [0.2, 0.25) is 0 Å². The van der Waals surface area contributed by atoms with Crippen molar-refractivity contribution in [1.82, 2.24) is 5.32 Å². The molecule has 2 atom stereocenters. The molecule has 0 saturated carbocycles. The number of ether oxygens (including phenoxy) is 1. The predicted molar refractivity (Wildman–Crippen MR) is 65.5 cm³/mol. The van der Waals surface area contributed by atoms with Gasteiger partial charge in [-0.15, -0.1) is 0 Å². The Morgan fingerprint density at radius 1 is 1.56 bits per heavy atom. The maximum absolute atomic E-state index is 12.2. The number of allylic oxidation sites excluding steroid dienone is 1. The number of hydrogen-bond donors (Lipinski definition) is 2. The summed E-state index contributed by atoms with van der Waals surface area (Å²) >= 11 is 0. The number of ketones is 1. The summed E-state index contributed by atoms with van der Waals surface area (Å²) in [6, 6.07) is -0.681. The smallest absolute Gasteiger partial charge is 0.405 e. The number of carbonyl (C=O) groups excluding carboxylic acids is 1. The zero-order chi connectivity index (χ0) is 13.2. The largest absolute Gasteiger partial charge is 0.465 e. The van der Waals surface area contributed by atoms with Gasteiger partial charge in [0.05, 0.1) is 12.6 Å². The van der Waals surface area contributed by atoms with Gasteiger partial charge >= 0.3 is 6.09 Å². The Labute approximate surface area is 106 Å². The molecular weight excluding hydrogens is 234 g/mol. The highest BCUT2D eigenvalue weighted by molar-refractivity contribution is 5.95. The Morgan fingerprint density at radius 3 is 2.78 bits per heavy atom. The minimum Gasteiger partial charge on any atom is -0.465 e. The second-order valence-corrected chi connectivity index (χ2v) is 5.20. The highest BCUT2D eigenvalue weighted by Gasteiger charge is 2.50. The first-order chi connectivity index (χ1) is 8.51. The summed E-state index contributed by atoms with van der Waals surface area (Å²) in [6.45, 7) is 2.10. The van der Waals surface area contributed by atoms with E-state index in [1.54, 1.807) is 6.92 Å². The highest BCUT2D eigenvalue weighted by atomic mass is 16.6. The van der Waals surface area contributed by atoms with Gasteiger partial charge in [0, 0.05) is 0 Å². The second kappa shape index (κ2) is 5.10. The first kappa shape index (κ1) is 13.1. The van der Waals surface area contributed by atoms with Crippen LogP contribution in [-0.4, -0.2) is 35.2 Å². The molecule has 2 aliphatic rings. The summed E-state index contributed by atoms with van der Waals surface area (Å²) in [5.41, 5.74) is 0.403. The Kier molecular flexibility index (Phi) is 3.71. The fourth-order valence-electron chi connectivity index (χ4n) is 2.33. The fraction of sp³-hybridized carbons (Fsp3) is 0.692. The molecule has 5 nitrogen and oxygen atoms in total. The summed E-state index contributed by atoms with van der Waals surface area (Å²) in [6.07, 6.45) is 5.73. The Balaban J connectivity index is 2.02. The minimum absolute atomic E-state index is 0.156. The maximum Gasteiger partial charge on any atom is 0.405 e. The van der Waals surface area contributed by atoms with Gasteiger partial charge in [0.15, 0.2) is 5.78 Å². The molecule has 100 valence electrons. The van der Waals surface area contributed by atoms with E-state index in [9.17, 15) is 9.59 Å². The van der Waals surface area contributed by atoms with Gasteiger partial charge in [-0.3, -0.25) is 4.79 Å². The standard InChI is InChI=1S/C13H19NO4/c1-13(8-18-13)11(15)10(14-12(16)17)7-9-5-3-2-4-6-9/h5,10,14H,2-4,6-8H2,1H3,(H,16,17)/t10-,13+/m0/s1. The van der Waals surface area contributed by atoms with E-state index in [4.69, 9.17) is 9.84 Å². The van der Waals surface area contributed by atoms with Crippen LogP contribution in [0.1, 0.15) is 39.0 Å². The second-order valence-electron chi connectivity index (χ2n) is 5.20. The first-order valence-corrected chi connectivity index (χ1v) is 6.37. The fourth-order valence-corrected chi connectivity index (χ4v) is 2.33. The lowest BCUT2D eigenvalue weighted by Gasteiger charge is -2.21. The third kappa shape index (κ3) is 3.10. The third-order valence-corrected chi connectivity index (χ3v) is 3.56. The van der Waals surface area contributed by atoms with E-state index in [0.717, 1.165) is 19.3 Å². The molecule has 5 heteroatoms. The van der Waals surface area contributed by atoms with Crippen molar-refractivity contribution in [2.75, 3.05) is 6.61 Å². The molecule has 1 amide bonds. The molecule has 0 aromatic rings. The van der Waals surface area contributed by atoms with Crippen LogP contribution in [0.5, 0.6) is 0 Å². The number of amides is 1. The molecule has 2 N–H and O–H groups in total. The van der Waals surface area contributed by atoms with Gasteiger partial charge in [-0.25, -0.2) is 4.79 Å². The molecular formula is C13H19NO4. The Morgan fingerprint density at radius 2 is 2.28 bits per heavy atom. The molecule has 2 rings (SSSR count). The van der Waals surface area contributed by atoms with Gasteiger partial charge in [-0.1, -0.05) is 11.6 Å². The average molecular weight is 253 g/mol. The van der Waals surface area contributed by atoms with Crippen molar-refractivity contribution < 1.29 is 19.4 Å². The van der Waals surface area contributed by atoms with Crippen molar-refractivity contribution in [3.63, 3.8) is 0 Å². The number of carbonyl (C=O) groups is 2. The van der Waals surface area contributed by atoms with Gasteiger partial charge in [0.25, 0.3) is 0 Å². The lowest BCUT2D eigenvalue weighted by molar-refractivity contribution is -0.125. The zero-order valence-corrected chi connectivity index (χ0v) is 10.6. The van der Waals surface area contributed by atoms with E-state index in [1.807, 2.05) is 0 Å². The van der Waals surface area contributed by atoms with Crippen molar-refractivity contribution >= 4 is 11.9 Å². The third-order valence-electron chi connectivity index (χ3n) is 3.56. The normalized spacial score (nSPS) is 28.2. The zero-order valence-electron chi connectivity index (χ0n) is 10.6. The molecule has 0 aromatic carbocycles. The van der Waals surface area contributed by atoms with Gasteiger partial charge in [0.1, 0.15) is 5.60 Å². The first-order valence-electron chi connectivity index (χ1n) is 6.37. The van der Waals surface area contributed by atoms with Crippen LogP contribution in [0.4, 0.5) is 4.79 Å². The predicted octanol–water partition coefficient (Wildman–Crippen LogP) is 1.87. The summed E-state index contributed by atoms with van der Waals surface area (Å²) in [4.78, 5) is 22.9. The number of nitrogens with one attached hydrogen (secondary N) is 1. The van der Waals surface area contributed by atoms with Crippen molar-refractivity contribution in [2.24, 2.45) is 0 Å². The van der Waals surface area contributed by atoms with Crippen LogP contribution in [0.3, 0.4) is 0 Å². The van der Waals surface area contributed by atoms with E-state index in [0.29, 0.717) is 13.0 Å². The molecule has 1 saturated heterocycles. The number of epoxide rings is 1. The van der Waals surface area contributed by atoms with Crippen LogP contribution in [0.25, 0.3) is 0 Å². The van der Waals surface area contributed by atoms with Crippen molar-refractivity contribution in [1.29, 1.82) is 0 Å². The molecule has 0 aromatic heterocycles. The summed E-state index contributed by atoms with van der Waals surface area (Å²) in [5, 5.41) is 11.1. The molecule has 1 aliphatic carbocycles. The molecule has 1 heterocycles. The molecule has 1 fully saturated rings. The van der Waals surface area contributed by atoms with Gasteiger partial charge < -0.3 is 15.2 Å². The molecule has 0 bridgehead atoms. The number of Topliss-reactive ketones (excluding diaryl/α,β-unsaturated/α-hetero) is 1. The van der Waals surface area contributed by atoms with Gasteiger partial charge in [-0.2, -0.15) is 0 Å². The quantitative estimate of drug-likeness (QED) is 0.579. The van der Waals surface area contributed by atoms with Crippen LogP contribution < -0.4 is 5.32 Å². The maximum atomic E-state index is 12.2. The lowest BCUT2D eigenvalue weighted by atomic mass is 9.90. The molecule has 0 radical (unpaired) electrons. The van der Waals surface area contributed by atoms with E-state index >= 15 is 0 Å². The minimum atomic E-state index is -1.16. The van der Waals surface area contributed by atoms with E-state index in [2.05, 4.69) is 11.4 Å². The molecule has 0 unspecified atom stereocenters. The highest BCUT2D eigenvalue weighted by Crippen LogP contribution is 2.31. The van der Waals surface area contributed by atoms with E-state index < -0.39 is 17.7 Å². The molecule has 1 aliphatic heterocycles. The topological polar surface area (TPSA) is 78.9 Å². The summed E-state index contributed by atoms with van der Waals surface area (Å²) in [5.74, 6) is -0.156. The van der Waals surface area contributed by atoms with Gasteiger partial charge in [-0.05, 0) is 39.0 Å². The number of hydrogen-bond acceptors (Lipinski definition) is 3. The van der Waals surface area contributed by atoms with Gasteiger partial charge in [0.2, 0.25) is 0 Å². The van der Waals surface area contributed by atoms with Crippen LogP contribution in [0.15, 0.2) is 11.6 Å². The monoisotopic (exact) mass is 253 g/mol. The molecule has 0 spiro atoms. The van der Waals surface area contributed by atoms with Crippen molar-refractivity contribution in [3.05, 3.63) is 11.6 Å². The summed E-state index contributed by atoms with van der Waals surface area (Å²) in [7, 11) is 0. The SMILES string of the molecule is C[C@]1(C(=O)[C@H](CC2=CCCCC2)NC(=O)O)CO1. The van der Waals surface area contributed by atoms with Crippen molar-refractivity contribution in [2.45, 2.75) is 50.7 Å². The number of carboxylic acid groups (broad SMARTS) is 1. The van der Waals surface area contributed by atoms with E-state index in [1.165, 1.54) is 12.0 Å². The van der Waals surface area contributed by atoms with Crippen molar-refractivity contribution in [3.8, 4) is 0 Å². The Hall–Kier alpha value is -1.36. The average Bonchev–Trinajstić information content (AvgIpc) is 3.08. The van der Waals surface area contributed by atoms with Crippen LogP contribution in [0, 0.1) is 0 Å².